The van der Waals surface area contributed by atoms with Gasteiger partial charge in [0.05, 0.1) is 0 Å². The van der Waals surface area contributed by atoms with Gasteiger partial charge in [-0.2, -0.15) is 0 Å². The Kier molecular flexibility index (Phi) is 5.68. The first kappa shape index (κ1) is 20.7. The van der Waals surface area contributed by atoms with Crippen molar-refractivity contribution < 1.29 is 8.76 Å². The Morgan fingerprint density at radius 3 is 2.48 bits per heavy atom. The van der Waals surface area contributed by atoms with E-state index in [1.54, 1.807) is 0 Å². The minimum Gasteiger partial charge on any atom is -0.760 e. The van der Waals surface area contributed by atoms with Crippen molar-refractivity contribution in [3.05, 3.63) is 71.3 Å². The second-order valence-electron chi connectivity index (χ2n) is 9.51. The molecule has 1 aliphatic heterocycles. The first-order valence-electron chi connectivity index (χ1n) is 10.5. The van der Waals surface area contributed by atoms with E-state index < -0.39 is 11.3 Å². The van der Waals surface area contributed by atoms with E-state index in [0.717, 1.165) is 12.1 Å². The van der Waals surface area contributed by atoms with E-state index in [1.165, 1.54) is 30.6 Å². The largest absolute Gasteiger partial charge is 0.760 e. The molecule has 3 unspecified atom stereocenters. The van der Waals surface area contributed by atoms with E-state index in [9.17, 15) is 8.76 Å². The van der Waals surface area contributed by atoms with E-state index >= 15 is 0 Å². The van der Waals surface area contributed by atoms with E-state index in [-0.39, 0.29) is 10.8 Å². The molecule has 1 saturated carbocycles. The van der Waals surface area contributed by atoms with Crippen LogP contribution in [0.2, 0.25) is 0 Å². The molecule has 1 saturated heterocycles. The van der Waals surface area contributed by atoms with Gasteiger partial charge >= 0.3 is 0 Å². The molecule has 0 radical (unpaired) electrons. The van der Waals surface area contributed by atoms with Crippen molar-refractivity contribution in [2.24, 2.45) is 11.8 Å². The van der Waals surface area contributed by atoms with Crippen LogP contribution in [0, 0.1) is 11.8 Å². The molecular formula is C24H31N2O2S-. The molecule has 2 fully saturated rings. The van der Waals surface area contributed by atoms with Crippen molar-refractivity contribution >= 4 is 11.3 Å². The molecule has 1 aliphatic carbocycles. The fourth-order valence-electron chi connectivity index (χ4n) is 5.20. The molecule has 1 N–H and O–H groups in total. The normalized spacial score (nSPS) is 27.6. The molecule has 2 aromatic rings. The van der Waals surface area contributed by atoms with Crippen LogP contribution in [0.1, 0.15) is 43.9 Å². The van der Waals surface area contributed by atoms with Gasteiger partial charge in [-0.15, -0.1) is 0 Å². The lowest BCUT2D eigenvalue weighted by Crippen LogP contribution is -2.33. The summed E-state index contributed by atoms with van der Waals surface area (Å²) in [6, 6.07) is 19.3. The number of fused-ring (bicyclic) bond motifs is 1. The van der Waals surface area contributed by atoms with Gasteiger partial charge < -0.3 is 9.45 Å². The number of nitrogens with zero attached hydrogens (tertiary/aromatic N) is 1. The van der Waals surface area contributed by atoms with Gasteiger partial charge in [0, 0.05) is 36.3 Å². The summed E-state index contributed by atoms with van der Waals surface area (Å²) in [6.07, 6.45) is 1.17. The molecule has 1 heterocycles. The zero-order valence-corrected chi connectivity index (χ0v) is 18.4. The molecule has 4 rings (SSSR count). The maximum absolute atomic E-state index is 10.8. The number of hydrogen-bond acceptors (Lipinski definition) is 3. The van der Waals surface area contributed by atoms with E-state index in [1.807, 2.05) is 6.07 Å². The smallest absolute Gasteiger partial charge is 0.0322 e. The second kappa shape index (κ2) is 7.95. The summed E-state index contributed by atoms with van der Waals surface area (Å²) in [5, 5.41) is 0. The average Bonchev–Trinajstić information content (AvgIpc) is 3.06. The number of nitrogens with one attached hydrogen (secondary N) is 1. The van der Waals surface area contributed by atoms with Gasteiger partial charge in [-0.3, -0.25) is 4.21 Å². The van der Waals surface area contributed by atoms with Crippen LogP contribution in [0.5, 0.6) is 0 Å². The molecule has 3 atom stereocenters. The maximum atomic E-state index is 10.8. The molecule has 2 aromatic carbocycles. The Hall–Kier alpha value is -1.53. The highest BCUT2D eigenvalue weighted by Crippen LogP contribution is 2.63. The van der Waals surface area contributed by atoms with E-state index in [2.05, 4.69) is 78.9 Å². The van der Waals surface area contributed by atoms with Gasteiger partial charge in [0.25, 0.3) is 0 Å². The second-order valence-corrected chi connectivity index (χ2v) is 10.3. The van der Waals surface area contributed by atoms with Crippen LogP contribution in [-0.4, -0.2) is 33.3 Å². The average molecular weight is 412 g/mol. The number of hydrogen-bond donors (Lipinski definition) is 1. The van der Waals surface area contributed by atoms with Crippen molar-refractivity contribution in [3.63, 3.8) is 0 Å². The van der Waals surface area contributed by atoms with Gasteiger partial charge in [-0.05, 0) is 46.9 Å². The zero-order valence-electron chi connectivity index (χ0n) is 17.6. The third kappa shape index (κ3) is 4.19. The quantitative estimate of drug-likeness (QED) is 0.673. The minimum absolute atomic E-state index is 0.195. The van der Waals surface area contributed by atoms with Crippen molar-refractivity contribution in [1.82, 2.24) is 9.62 Å². The molecule has 0 aromatic heterocycles. The standard InChI is InChI=1S/C24H32N2O2S/c1-23(2,19-9-5-4-6-10-19)12-13-26-16-21-22(17-26)24(21,3)20-11-7-8-18(14-20)15-25-29(27)28/h4-11,14,21-22,25H,12-13,15-17H2,1-3H3,(H,27,28)/p-1. The summed E-state index contributed by atoms with van der Waals surface area (Å²) in [5.41, 5.74) is 4.23. The van der Waals surface area contributed by atoms with Crippen LogP contribution in [0.25, 0.3) is 0 Å². The zero-order chi connectivity index (χ0) is 20.6. The Labute approximate surface area is 177 Å². The Morgan fingerprint density at radius 1 is 1.14 bits per heavy atom. The third-order valence-electron chi connectivity index (χ3n) is 7.38. The van der Waals surface area contributed by atoms with Gasteiger partial charge in [0.2, 0.25) is 0 Å². The van der Waals surface area contributed by atoms with Crippen LogP contribution in [-0.2, 0) is 28.6 Å². The SMILES string of the molecule is CC(C)(CCN1CC2C(C1)C2(C)c1cccc(CNS(=O)[O-])c1)c1ccccc1. The first-order valence-corrected chi connectivity index (χ1v) is 11.6. The van der Waals surface area contributed by atoms with Crippen molar-refractivity contribution in [3.8, 4) is 0 Å². The fourth-order valence-corrected chi connectivity index (χ4v) is 5.49. The molecular weight excluding hydrogens is 380 g/mol. The lowest BCUT2D eigenvalue weighted by molar-refractivity contribution is 0.252. The molecule has 4 nitrogen and oxygen atoms in total. The molecule has 5 heteroatoms. The van der Waals surface area contributed by atoms with Crippen molar-refractivity contribution in [2.75, 3.05) is 19.6 Å². The summed E-state index contributed by atoms with van der Waals surface area (Å²) in [6.45, 7) is 10.9. The van der Waals surface area contributed by atoms with Gasteiger partial charge in [-0.1, -0.05) is 75.4 Å². The molecule has 156 valence electrons. The highest BCUT2D eigenvalue weighted by molar-refractivity contribution is 7.77. The molecule has 0 amide bonds. The van der Waals surface area contributed by atoms with Gasteiger partial charge in [0.1, 0.15) is 0 Å². The van der Waals surface area contributed by atoms with Crippen LogP contribution in [0.3, 0.4) is 0 Å². The summed E-state index contributed by atoms with van der Waals surface area (Å²) >= 11 is -2.22. The molecule has 2 aliphatic rings. The lowest BCUT2D eigenvalue weighted by Gasteiger charge is -2.30. The van der Waals surface area contributed by atoms with Crippen LogP contribution < -0.4 is 4.72 Å². The Bertz CT molecular complexity index is 871. The van der Waals surface area contributed by atoms with Crippen LogP contribution >= 0.6 is 0 Å². The fraction of sp³-hybridized carbons (Fsp3) is 0.500. The Morgan fingerprint density at radius 2 is 1.83 bits per heavy atom. The first-order chi connectivity index (χ1) is 13.8. The maximum Gasteiger partial charge on any atom is 0.0322 e. The number of piperidine rings is 1. The third-order valence-corrected chi connectivity index (χ3v) is 7.76. The van der Waals surface area contributed by atoms with E-state index in [4.69, 9.17) is 0 Å². The highest BCUT2D eigenvalue weighted by Gasteiger charge is 2.65. The highest BCUT2D eigenvalue weighted by atomic mass is 32.2. The van der Waals surface area contributed by atoms with Gasteiger partial charge in [-0.25, -0.2) is 4.72 Å². The topological polar surface area (TPSA) is 55.4 Å². The summed E-state index contributed by atoms with van der Waals surface area (Å²) in [7, 11) is 0. The van der Waals surface area contributed by atoms with Gasteiger partial charge in [0.15, 0.2) is 0 Å². The van der Waals surface area contributed by atoms with Crippen molar-refractivity contribution in [2.45, 2.75) is 44.6 Å². The Balaban J connectivity index is 1.34. The number of likely N-dealkylation sites (tertiary alicyclic amines) is 1. The van der Waals surface area contributed by atoms with Crippen LogP contribution in [0.4, 0.5) is 0 Å². The van der Waals surface area contributed by atoms with E-state index in [0.29, 0.717) is 18.4 Å². The predicted octanol–water partition coefficient (Wildman–Crippen LogP) is 3.76. The summed E-state index contributed by atoms with van der Waals surface area (Å²) in [5.74, 6) is 1.42. The molecule has 0 bridgehead atoms. The molecule has 29 heavy (non-hydrogen) atoms. The molecule has 0 spiro atoms. The number of benzene rings is 2. The van der Waals surface area contributed by atoms with Crippen molar-refractivity contribution in [1.29, 1.82) is 0 Å². The summed E-state index contributed by atoms with van der Waals surface area (Å²) in [4.78, 5) is 2.63. The number of rotatable bonds is 8. The minimum atomic E-state index is -2.22. The van der Waals surface area contributed by atoms with Crippen LogP contribution in [0.15, 0.2) is 54.6 Å². The summed E-state index contributed by atoms with van der Waals surface area (Å²) < 4.78 is 24.0. The predicted molar refractivity (Wildman–Crippen MR) is 117 cm³/mol. The monoisotopic (exact) mass is 411 g/mol. The lowest BCUT2D eigenvalue weighted by atomic mass is 9.81.